The molecule has 1 aromatic carbocycles. The lowest BCUT2D eigenvalue weighted by atomic mass is 9.97. The molecule has 30 heavy (non-hydrogen) atoms. The maximum absolute atomic E-state index is 12.0. The number of hydrogen-bond acceptors (Lipinski definition) is 4. The highest BCUT2D eigenvalue weighted by molar-refractivity contribution is 5.89. The Bertz CT molecular complexity index is 942. The van der Waals surface area contributed by atoms with Gasteiger partial charge in [-0.25, -0.2) is 9.48 Å². The summed E-state index contributed by atoms with van der Waals surface area (Å²) in [6, 6.07) is 9.82. The molecule has 1 heterocycles. The van der Waals surface area contributed by atoms with Crippen LogP contribution in [0.3, 0.4) is 0 Å². The Kier molecular flexibility index (Phi) is 7.60. The normalized spacial score (nSPS) is 13.9. The van der Waals surface area contributed by atoms with Crippen LogP contribution in [0.4, 0.5) is 0 Å². The molecule has 0 atom stereocenters. The van der Waals surface area contributed by atoms with Gasteiger partial charge in [-0.1, -0.05) is 29.8 Å². The Balaban J connectivity index is 1.47. The van der Waals surface area contributed by atoms with Crippen LogP contribution in [-0.2, 0) is 14.3 Å². The molecule has 0 aliphatic heterocycles. The van der Waals surface area contributed by atoms with Gasteiger partial charge in [-0.05, 0) is 64.2 Å². The van der Waals surface area contributed by atoms with Crippen molar-refractivity contribution in [2.75, 3.05) is 13.2 Å². The molecule has 1 aliphatic carbocycles. The van der Waals surface area contributed by atoms with Crippen molar-refractivity contribution < 1.29 is 14.3 Å². The highest BCUT2D eigenvalue weighted by atomic mass is 16.5. The molecule has 0 saturated carbocycles. The Morgan fingerprint density at radius 3 is 2.73 bits per heavy atom. The average Bonchev–Trinajstić information content (AvgIpc) is 3.05. The smallest absolute Gasteiger partial charge is 0.331 e. The molecule has 1 amide bonds. The minimum atomic E-state index is -0.550. The van der Waals surface area contributed by atoms with Crippen LogP contribution in [0.15, 0.2) is 48.1 Å². The van der Waals surface area contributed by atoms with Crippen LogP contribution in [0.25, 0.3) is 11.8 Å². The number of para-hydroxylation sites is 1. The zero-order valence-corrected chi connectivity index (χ0v) is 17.7. The van der Waals surface area contributed by atoms with Gasteiger partial charge >= 0.3 is 5.97 Å². The van der Waals surface area contributed by atoms with Crippen LogP contribution >= 0.6 is 0 Å². The van der Waals surface area contributed by atoms with Crippen LogP contribution in [0, 0.1) is 13.8 Å². The summed E-state index contributed by atoms with van der Waals surface area (Å²) in [7, 11) is 0. The second-order valence-electron chi connectivity index (χ2n) is 7.48. The first-order chi connectivity index (χ1) is 14.5. The monoisotopic (exact) mass is 407 g/mol. The van der Waals surface area contributed by atoms with Crippen molar-refractivity contribution >= 4 is 18.0 Å². The van der Waals surface area contributed by atoms with Crippen molar-refractivity contribution in [2.45, 2.75) is 46.0 Å². The van der Waals surface area contributed by atoms with Crippen LogP contribution in [0.2, 0.25) is 0 Å². The summed E-state index contributed by atoms with van der Waals surface area (Å²) in [6.07, 6.45) is 10.9. The lowest BCUT2D eigenvalue weighted by Crippen LogP contribution is -2.29. The van der Waals surface area contributed by atoms with E-state index < -0.39 is 5.97 Å². The number of ether oxygens (including phenoxy) is 1. The molecular weight excluding hydrogens is 378 g/mol. The number of rotatable bonds is 8. The van der Waals surface area contributed by atoms with Gasteiger partial charge in [0, 0.05) is 23.9 Å². The maximum atomic E-state index is 12.0. The molecule has 6 heteroatoms. The van der Waals surface area contributed by atoms with Crippen LogP contribution in [-0.4, -0.2) is 34.8 Å². The summed E-state index contributed by atoms with van der Waals surface area (Å²) >= 11 is 0. The molecule has 0 saturated heterocycles. The molecule has 0 fully saturated rings. The first-order valence-corrected chi connectivity index (χ1v) is 10.5. The van der Waals surface area contributed by atoms with E-state index in [0.29, 0.717) is 6.54 Å². The standard InChI is InChI=1S/C24H29N3O3/c1-18-22(19(2)27(26-18)21-11-7-4-8-12-21)13-14-24(29)30-17-23(28)25-16-15-20-9-5-3-6-10-20/h4,7-9,11-14H,3,5-6,10,15-17H2,1-2H3,(H,25,28)/b14-13+. The molecule has 158 valence electrons. The molecular formula is C24H29N3O3. The summed E-state index contributed by atoms with van der Waals surface area (Å²) in [4.78, 5) is 23.9. The number of carbonyl (C=O) groups is 2. The quantitative estimate of drug-likeness (QED) is 0.407. The molecule has 0 radical (unpaired) electrons. The zero-order valence-electron chi connectivity index (χ0n) is 17.7. The van der Waals surface area contributed by atoms with E-state index in [1.54, 1.807) is 6.08 Å². The van der Waals surface area contributed by atoms with Crippen LogP contribution in [0.1, 0.15) is 49.1 Å². The van der Waals surface area contributed by atoms with E-state index >= 15 is 0 Å². The number of benzene rings is 1. The van der Waals surface area contributed by atoms with Gasteiger partial charge in [-0.2, -0.15) is 5.10 Å². The van der Waals surface area contributed by atoms with Crippen molar-refractivity contribution in [3.63, 3.8) is 0 Å². The molecule has 0 spiro atoms. The van der Waals surface area contributed by atoms with Gasteiger partial charge in [0.05, 0.1) is 11.4 Å². The van der Waals surface area contributed by atoms with Gasteiger partial charge in [-0.3, -0.25) is 4.79 Å². The van der Waals surface area contributed by atoms with Crippen LogP contribution in [0.5, 0.6) is 0 Å². The van der Waals surface area contributed by atoms with Crippen molar-refractivity contribution in [1.82, 2.24) is 15.1 Å². The topological polar surface area (TPSA) is 73.2 Å². The number of aromatic nitrogens is 2. The minimum absolute atomic E-state index is 0.274. The summed E-state index contributed by atoms with van der Waals surface area (Å²) in [6.45, 7) is 4.15. The third-order valence-corrected chi connectivity index (χ3v) is 5.23. The number of hydrogen-bond donors (Lipinski definition) is 1. The van der Waals surface area contributed by atoms with Crippen molar-refractivity contribution in [3.05, 3.63) is 65.0 Å². The molecule has 0 bridgehead atoms. The number of amides is 1. The third kappa shape index (κ3) is 5.92. The zero-order chi connectivity index (χ0) is 21.3. The number of nitrogens with zero attached hydrogens (tertiary/aromatic N) is 2. The van der Waals surface area contributed by atoms with Gasteiger partial charge < -0.3 is 10.1 Å². The van der Waals surface area contributed by atoms with E-state index in [1.165, 1.54) is 24.5 Å². The fraction of sp³-hybridized carbons (Fsp3) is 0.375. The number of aryl methyl sites for hydroxylation is 1. The van der Waals surface area contributed by atoms with E-state index in [4.69, 9.17) is 4.74 Å². The highest BCUT2D eigenvalue weighted by Gasteiger charge is 2.11. The van der Waals surface area contributed by atoms with E-state index in [0.717, 1.165) is 41.9 Å². The first-order valence-electron chi connectivity index (χ1n) is 10.5. The van der Waals surface area contributed by atoms with Gasteiger partial charge in [0.15, 0.2) is 6.61 Å². The van der Waals surface area contributed by atoms with Gasteiger partial charge in [0.25, 0.3) is 5.91 Å². The lowest BCUT2D eigenvalue weighted by Gasteiger charge is -2.12. The Hall–Kier alpha value is -3.15. The Morgan fingerprint density at radius 2 is 2.00 bits per heavy atom. The van der Waals surface area contributed by atoms with Crippen molar-refractivity contribution in [3.8, 4) is 5.69 Å². The Morgan fingerprint density at radius 1 is 1.20 bits per heavy atom. The summed E-state index contributed by atoms with van der Waals surface area (Å²) < 4.78 is 6.90. The SMILES string of the molecule is Cc1nn(-c2ccccc2)c(C)c1/C=C/C(=O)OCC(=O)NCCC1=CCCCC1. The molecule has 2 aromatic rings. The number of nitrogens with one attached hydrogen (secondary N) is 1. The first kappa shape index (κ1) is 21.6. The van der Waals surface area contributed by atoms with Crippen molar-refractivity contribution in [1.29, 1.82) is 0 Å². The van der Waals surface area contributed by atoms with Crippen LogP contribution < -0.4 is 5.32 Å². The molecule has 0 unspecified atom stereocenters. The highest BCUT2D eigenvalue weighted by Crippen LogP contribution is 2.20. The summed E-state index contributed by atoms with van der Waals surface area (Å²) in [5.74, 6) is -0.830. The number of esters is 1. The van der Waals surface area contributed by atoms with E-state index in [2.05, 4.69) is 16.5 Å². The predicted octanol–water partition coefficient (Wildman–Crippen LogP) is 4.05. The third-order valence-electron chi connectivity index (χ3n) is 5.23. The maximum Gasteiger partial charge on any atom is 0.331 e. The number of carbonyl (C=O) groups excluding carboxylic acids is 2. The van der Waals surface area contributed by atoms with E-state index in [1.807, 2.05) is 48.9 Å². The molecule has 1 N–H and O–H groups in total. The second-order valence-corrected chi connectivity index (χ2v) is 7.48. The molecule has 1 aromatic heterocycles. The van der Waals surface area contributed by atoms with Gasteiger partial charge in [0.1, 0.15) is 0 Å². The van der Waals surface area contributed by atoms with Crippen molar-refractivity contribution in [2.24, 2.45) is 0 Å². The molecule has 3 rings (SSSR count). The summed E-state index contributed by atoms with van der Waals surface area (Å²) in [5, 5.41) is 7.35. The average molecular weight is 408 g/mol. The predicted molar refractivity (Wildman–Crippen MR) is 117 cm³/mol. The fourth-order valence-electron chi connectivity index (χ4n) is 3.60. The van der Waals surface area contributed by atoms with Gasteiger partial charge in [0.2, 0.25) is 0 Å². The Labute approximate surface area is 177 Å². The molecule has 1 aliphatic rings. The second kappa shape index (κ2) is 10.6. The minimum Gasteiger partial charge on any atom is -0.452 e. The largest absolute Gasteiger partial charge is 0.452 e. The fourth-order valence-corrected chi connectivity index (χ4v) is 3.60. The van der Waals surface area contributed by atoms with E-state index in [-0.39, 0.29) is 12.5 Å². The van der Waals surface area contributed by atoms with Gasteiger partial charge in [-0.15, -0.1) is 0 Å². The molecule has 6 nitrogen and oxygen atoms in total. The lowest BCUT2D eigenvalue weighted by molar-refractivity contribution is -0.143. The summed E-state index contributed by atoms with van der Waals surface area (Å²) in [5.41, 5.74) is 4.97. The van der Waals surface area contributed by atoms with E-state index in [9.17, 15) is 9.59 Å². The number of allylic oxidation sites excluding steroid dienone is 1.